The molecule has 0 spiro atoms. The van der Waals surface area contributed by atoms with E-state index in [0.29, 0.717) is 29.7 Å². The van der Waals surface area contributed by atoms with Crippen LogP contribution in [0.5, 0.6) is 0 Å². The van der Waals surface area contributed by atoms with Crippen molar-refractivity contribution in [1.82, 2.24) is 30.4 Å². The number of carbonyl (C=O) groups excluding carboxylic acids is 2. The van der Waals surface area contributed by atoms with Gasteiger partial charge in [-0.3, -0.25) is 9.59 Å². The standard InChI is InChI=1S/C26H34N6O5/c1-17-10-12-21(36-17)24(26(34)27-19-7-4-3-5-8-19)31(15-20-9-6-14-35-20)23(33)16-32-29-25(28-30-32)22-13-11-18(2)37-22/h10-13,19-20,24H,3-9,14-16H2,1-2H3,(H,27,34)/t20-,24-/m1/s1. The van der Waals surface area contributed by atoms with Crippen LogP contribution in [-0.2, 0) is 20.9 Å². The Kier molecular flexibility index (Phi) is 7.68. The molecule has 0 aromatic carbocycles. The maximum Gasteiger partial charge on any atom is 0.250 e. The molecule has 2 atom stereocenters. The predicted molar refractivity (Wildman–Crippen MR) is 132 cm³/mol. The zero-order valence-corrected chi connectivity index (χ0v) is 21.4. The lowest BCUT2D eigenvalue weighted by molar-refractivity contribution is -0.144. The Morgan fingerprint density at radius 1 is 1.05 bits per heavy atom. The fourth-order valence-electron chi connectivity index (χ4n) is 5.09. The summed E-state index contributed by atoms with van der Waals surface area (Å²) in [4.78, 5) is 30.3. The van der Waals surface area contributed by atoms with Crippen molar-refractivity contribution in [2.75, 3.05) is 13.2 Å². The van der Waals surface area contributed by atoms with Crippen LogP contribution in [0.4, 0.5) is 0 Å². The molecule has 1 saturated heterocycles. The van der Waals surface area contributed by atoms with Gasteiger partial charge in [0.2, 0.25) is 11.7 Å². The molecule has 0 unspecified atom stereocenters. The average Bonchev–Trinajstić information content (AvgIpc) is 3.69. The van der Waals surface area contributed by atoms with Gasteiger partial charge in [0, 0.05) is 19.2 Å². The molecule has 3 aromatic heterocycles. The fourth-order valence-corrected chi connectivity index (χ4v) is 5.09. The van der Waals surface area contributed by atoms with Crippen molar-refractivity contribution in [3.8, 4) is 11.6 Å². The van der Waals surface area contributed by atoms with Crippen LogP contribution >= 0.6 is 0 Å². The molecule has 1 N–H and O–H groups in total. The lowest BCUT2D eigenvalue weighted by Gasteiger charge is -2.33. The first-order valence-corrected chi connectivity index (χ1v) is 13.1. The highest BCUT2D eigenvalue weighted by molar-refractivity contribution is 5.88. The number of carbonyl (C=O) groups is 2. The van der Waals surface area contributed by atoms with E-state index < -0.39 is 6.04 Å². The van der Waals surface area contributed by atoms with E-state index in [1.165, 1.54) is 11.2 Å². The van der Waals surface area contributed by atoms with Crippen LogP contribution in [0, 0.1) is 13.8 Å². The molecule has 2 amide bonds. The SMILES string of the molecule is Cc1ccc(-c2nnn(CC(=O)N(C[C@H]3CCCO3)[C@@H](C(=O)NC3CCCCC3)c3ccc(C)o3)n2)o1. The summed E-state index contributed by atoms with van der Waals surface area (Å²) in [5.74, 6) is 2.02. The van der Waals surface area contributed by atoms with Crippen molar-refractivity contribution in [2.45, 2.75) is 83.5 Å². The van der Waals surface area contributed by atoms with E-state index in [1.807, 2.05) is 26.0 Å². The van der Waals surface area contributed by atoms with Crippen molar-refractivity contribution >= 4 is 11.8 Å². The second-order valence-corrected chi connectivity index (χ2v) is 9.93. The maximum absolute atomic E-state index is 13.8. The molecule has 198 valence electrons. The fraction of sp³-hybridized carbons (Fsp3) is 0.577. The molecule has 3 aromatic rings. The van der Waals surface area contributed by atoms with Crippen LogP contribution in [0.1, 0.15) is 68.3 Å². The molecule has 2 aliphatic rings. The number of aryl methyl sites for hydroxylation is 2. The molecular weight excluding hydrogens is 476 g/mol. The van der Waals surface area contributed by atoms with E-state index in [2.05, 4.69) is 20.7 Å². The van der Waals surface area contributed by atoms with Crippen LogP contribution in [0.25, 0.3) is 11.6 Å². The summed E-state index contributed by atoms with van der Waals surface area (Å²) in [5, 5.41) is 15.6. The van der Waals surface area contributed by atoms with Crippen LogP contribution in [0.15, 0.2) is 33.1 Å². The van der Waals surface area contributed by atoms with Gasteiger partial charge in [0.25, 0.3) is 5.91 Å². The second-order valence-electron chi connectivity index (χ2n) is 9.93. The minimum Gasteiger partial charge on any atom is -0.464 e. The summed E-state index contributed by atoms with van der Waals surface area (Å²) >= 11 is 0. The summed E-state index contributed by atoms with van der Waals surface area (Å²) in [6, 6.07) is 6.31. The Hall–Kier alpha value is -3.47. The minimum absolute atomic E-state index is 0.0933. The maximum atomic E-state index is 13.8. The minimum atomic E-state index is -0.928. The number of amides is 2. The number of hydrogen-bond donors (Lipinski definition) is 1. The Bertz CT molecular complexity index is 1200. The van der Waals surface area contributed by atoms with Gasteiger partial charge >= 0.3 is 0 Å². The first-order valence-electron chi connectivity index (χ1n) is 13.1. The van der Waals surface area contributed by atoms with Gasteiger partial charge in [-0.1, -0.05) is 19.3 Å². The number of hydrogen-bond acceptors (Lipinski definition) is 8. The number of rotatable bonds is 9. The van der Waals surface area contributed by atoms with Gasteiger partial charge < -0.3 is 23.8 Å². The van der Waals surface area contributed by atoms with Gasteiger partial charge in [-0.05, 0) is 69.0 Å². The Balaban J connectivity index is 1.40. The van der Waals surface area contributed by atoms with Gasteiger partial charge in [0.1, 0.15) is 23.8 Å². The van der Waals surface area contributed by atoms with Crippen molar-refractivity contribution in [2.24, 2.45) is 0 Å². The molecule has 11 nitrogen and oxygen atoms in total. The van der Waals surface area contributed by atoms with Gasteiger partial charge in [-0.2, -0.15) is 4.80 Å². The van der Waals surface area contributed by atoms with Gasteiger partial charge in [0.15, 0.2) is 11.8 Å². The molecule has 37 heavy (non-hydrogen) atoms. The zero-order valence-electron chi connectivity index (χ0n) is 21.4. The summed E-state index contributed by atoms with van der Waals surface area (Å²) < 4.78 is 17.3. The molecule has 1 aliphatic carbocycles. The molecule has 1 aliphatic heterocycles. The van der Waals surface area contributed by atoms with E-state index >= 15 is 0 Å². The first-order chi connectivity index (χ1) is 18.0. The molecule has 0 bridgehead atoms. The lowest BCUT2D eigenvalue weighted by Crippen LogP contribution is -2.49. The summed E-state index contributed by atoms with van der Waals surface area (Å²) in [6.07, 6.45) is 6.81. The molecule has 4 heterocycles. The Labute approximate surface area is 215 Å². The quantitative estimate of drug-likeness (QED) is 0.464. The van der Waals surface area contributed by atoms with Crippen LogP contribution in [-0.4, -0.2) is 62.2 Å². The Morgan fingerprint density at radius 2 is 1.84 bits per heavy atom. The highest BCUT2D eigenvalue weighted by Crippen LogP contribution is 2.28. The lowest BCUT2D eigenvalue weighted by atomic mass is 9.95. The van der Waals surface area contributed by atoms with Crippen molar-refractivity contribution in [3.63, 3.8) is 0 Å². The number of ether oxygens (including phenoxy) is 1. The number of nitrogens with one attached hydrogen (secondary N) is 1. The van der Waals surface area contributed by atoms with E-state index in [4.69, 9.17) is 13.6 Å². The molecule has 2 fully saturated rings. The van der Waals surface area contributed by atoms with Crippen LogP contribution in [0.2, 0.25) is 0 Å². The smallest absolute Gasteiger partial charge is 0.250 e. The third kappa shape index (κ3) is 6.10. The topological polar surface area (TPSA) is 129 Å². The predicted octanol–water partition coefficient (Wildman–Crippen LogP) is 3.34. The number of aromatic nitrogens is 4. The molecular formula is C26H34N6O5. The second kappa shape index (κ2) is 11.3. The van der Waals surface area contributed by atoms with E-state index in [9.17, 15) is 9.59 Å². The summed E-state index contributed by atoms with van der Waals surface area (Å²) in [7, 11) is 0. The highest BCUT2D eigenvalue weighted by Gasteiger charge is 2.37. The normalized spacial score (nSPS) is 19.1. The van der Waals surface area contributed by atoms with E-state index in [0.717, 1.165) is 44.3 Å². The number of furan rings is 2. The monoisotopic (exact) mass is 510 g/mol. The van der Waals surface area contributed by atoms with Crippen LogP contribution in [0.3, 0.4) is 0 Å². The molecule has 11 heteroatoms. The van der Waals surface area contributed by atoms with E-state index in [-0.39, 0.29) is 37.0 Å². The summed E-state index contributed by atoms with van der Waals surface area (Å²) in [5.41, 5.74) is 0. The largest absolute Gasteiger partial charge is 0.464 e. The third-order valence-electron chi connectivity index (χ3n) is 6.98. The molecule has 1 saturated carbocycles. The first kappa shape index (κ1) is 25.2. The van der Waals surface area contributed by atoms with Gasteiger partial charge in [0.05, 0.1) is 6.10 Å². The number of tetrazole rings is 1. The highest BCUT2D eigenvalue weighted by atomic mass is 16.5. The summed E-state index contributed by atoms with van der Waals surface area (Å²) in [6.45, 7) is 4.37. The average molecular weight is 511 g/mol. The van der Waals surface area contributed by atoms with Crippen molar-refractivity contribution < 1.29 is 23.2 Å². The van der Waals surface area contributed by atoms with Crippen molar-refractivity contribution in [3.05, 3.63) is 41.5 Å². The van der Waals surface area contributed by atoms with Gasteiger partial charge in [-0.15, -0.1) is 10.2 Å². The molecule has 5 rings (SSSR count). The zero-order chi connectivity index (χ0) is 25.8. The van der Waals surface area contributed by atoms with Crippen molar-refractivity contribution in [1.29, 1.82) is 0 Å². The third-order valence-corrected chi connectivity index (χ3v) is 6.98. The number of nitrogens with zero attached hydrogens (tertiary/aromatic N) is 5. The Morgan fingerprint density at radius 3 is 2.51 bits per heavy atom. The molecule has 0 radical (unpaired) electrons. The van der Waals surface area contributed by atoms with E-state index in [1.54, 1.807) is 17.0 Å². The van der Waals surface area contributed by atoms with Crippen LogP contribution < -0.4 is 5.32 Å². The van der Waals surface area contributed by atoms with Gasteiger partial charge in [-0.25, -0.2) is 0 Å².